The van der Waals surface area contributed by atoms with Gasteiger partial charge in [-0.05, 0) is 49.3 Å². The Hall–Kier alpha value is -3.45. The lowest BCUT2D eigenvalue weighted by Crippen LogP contribution is -2.31. The van der Waals surface area contributed by atoms with Crippen LogP contribution in [0.2, 0.25) is 0 Å². The number of hydrogen-bond donors (Lipinski definition) is 3. The molecule has 31 heavy (non-hydrogen) atoms. The van der Waals surface area contributed by atoms with E-state index in [2.05, 4.69) is 20.3 Å². The van der Waals surface area contributed by atoms with Crippen molar-refractivity contribution in [1.82, 2.24) is 15.0 Å². The monoisotopic (exact) mass is 415 g/mol. The maximum absolute atomic E-state index is 13.0. The summed E-state index contributed by atoms with van der Waals surface area (Å²) in [5.41, 5.74) is 9.91. The number of nitrogens with zero attached hydrogens (tertiary/aromatic N) is 2. The summed E-state index contributed by atoms with van der Waals surface area (Å²) >= 11 is 0. The number of nitrogens with two attached hydrogens (primary N) is 1. The van der Waals surface area contributed by atoms with Gasteiger partial charge >= 0.3 is 0 Å². The van der Waals surface area contributed by atoms with Gasteiger partial charge in [0.2, 0.25) is 11.8 Å². The van der Waals surface area contributed by atoms with Gasteiger partial charge in [-0.25, -0.2) is 9.97 Å². The second-order valence-electron chi connectivity index (χ2n) is 8.17. The second kappa shape index (κ2) is 8.35. The summed E-state index contributed by atoms with van der Waals surface area (Å²) in [4.78, 5) is 24.9. The van der Waals surface area contributed by atoms with Gasteiger partial charge in [0.1, 0.15) is 11.9 Å². The number of rotatable bonds is 5. The van der Waals surface area contributed by atoms with Crippen LogP contribution in [0, 0.1) is 11.8 Å². The molecule has 1 aliphatic carbocycles. The van der Waals surface area contributed by atoms with Gasteiger partial charge in [-0.2, -0.15) is 0 Å². The first-order valence-corrected chi connectivity index (χ1v) is 10.7. The highest BCUT2D eigenvalue weighted by molar-refractivity contribution is 6.02. The number of hydrogen-bond acceptors (Lipinski definition) is 5. The molecule has 1 fully saturated rings. The lowest BCUT2D eigenvalue weighted by Gasteiger charge is -2.30. The van der Waals surface area contributed by atoms with Crippen molar-refractivity contribution in [2.45, 2.75) is 31.7 Å². The maximum atomic E-state index is 13.0. The van der Waals surface area contributed by atoms with Gasteiger partial charge in [0, 0.05) is 23.2 Å². The minimum Gasteiger partial charge on any atom is -0.447 e. The van der Waals surface area contributed by atoms with Crippen LogP contribution in [-0.2, 0) is 4.79 Å². The molecule has 7 heteroatoms. The zero-order valence-electron chi connectivity index (χ0n) is 17.1. The van der Waals surface area contributed by atoms with E-state index in [1.807, 2.05) is 42.5 Å². The van der Waals surface area contributed by atoms with Crippen molar-refractivity contribution >= 4 is 22.6 Å². The van der Waals surface area contributed by atoms with Crippen molar-refractivity contribution in [3.63, 3.8) is 0 Å². The first-order valence-electron chi connectivity index (χ1n) is 10.7. The van der Waals surface area contributed by atoms with E-state index in [-0.39, 0.29) is 23.8 Å². The fourth-order valence-electron chi connectivity index (χ4n) is 4.49. The SMILES string of the molecule is NC(c1ncco1)C1CCC(C(=O)Nc2ccnc3[nH]c(-c4ccccc4)cc23)CC1. The van der Waals surface area contributed by atoms with E-state index >= 15 is 0 Å². The third-order valence-corrected chi connectivity index (χ3v) is 6.26. The largest absolute Gasteiger partial charge is 0.447 e. The Morgan fingerprint density at radius 2 is 1.90 bits per heavy atom. The normalized spacial score (nSPS) is 19.9. The summed E-state index contributed by atoms with van der Waals surface area (Å²) in [6.07, 6.45) is 8.27. The highest BCUT2D eigenvalue weighted by Gasteiger charge is 2.31. The fraction of sp³-hybridized carbons (Fsp3) is 0.292. The molecule has 0 saturated heterocycles. The zero-order chi connectivity index (χ0) is 21.2. The molecule has 3 heterocycles. The number of benzene rings is 1. The molecule has 0 bridgehead atoms. The van der Waals surface area contributed by atoms with Crippen molar-refractivity contribution in [3.05, 3.63) is 67.0 Å². The number of nitrogens with one attached hydrogen (secondary N) is 2. The minimum absolute atomic E-state index is 0.0243. The molecule has 4 aromatic rings. The van der Waals surface area contributed by atoms with Gasteiger partial charge in [-0.3, -0.25) is 4.79 Å². The van der Waals surface area contributed by atoms with Crippen LogP contribution in [0.1, 0.15) is 37.6 Å². The van der Waals surface area contributed by atoms with Gasteiger partial charge in [0.05, 0.1) is 17.9 Å². The lowest BCUT2D eigenvalue weighted by atomic mass is 9.78. The van der Waals surface area contributed by atoms with Crippen molar-refractivity contribution in [3.8, 4) is 11.3 Å². The molecule has 1 aromatic carbocycles. The molecule has 1 aliphatic rings. The number of aromatic nitrogens is 3. The first kappa shape index (κ1) is 19.5. The fourth-order valence-corrected chi connectivity index (χ4v) is 4.49. The first-order chi connectivity index (χ1) is 15.2. The Morgan fingerprint density at radius 3 is 2.65 bits per heavy atom. The topological polar surface area (TPSA) is 110 Å². The molecule has 1 saturated carbocycles. The van der Waals surface area contributed by atoms with Crippen LogP contribution in [0.4, 0.5) is 5.69 Å². The van der Waals surface area contributed by atoms with Crippen molar-refractivity contribution < 1.29 is 9.21 Å². The van der Waals surface area contributed by atoms with Gasteiger partial charge < -0.3 is 20.5 Å². The van der Waals surface area contributed by atoms with Crippen molar-refractivity contribution in [2.75, 3.05) is 5.32 Å². The van der Waals surface area contributed by atoms with Crippen LogP contribution in [0.25, 0.3) is 22.3 Å². The quantitative estimate of drug-likeness (QED) is 0.439. The number of carbonyl (C=O) groups excluding carboxylic acids is 1. The second-order valence-corrected chi connectivity index (χ2v) is 8.17. The third-order valence-electron chi connectivity index (χ3n) is 6.26. The number of carbonyl (C=O) groups is 1. The molecule has 4 N–H and O–H groups in total. The van der Waals surface area contributed by atoms with E-state index in [4.69, 9.17) is 10.2 Å². The zero-order valence-corrected chi connectivity index (χ0v) is 17.1. The van der Waals surface area contributed by atoms with Crippen LogP contribution < -0.4 is 11.1 Å². The molecule has 0 aliphatic heterocycles. The molecule has 7 nitrogen and oxygen atoms in total. The molecule has 1 amide bonds. The van der Waals surface area contributed by atoms with Gasteiger partial charge in [0.25, 0.3) is 0 Å². The van der Waals surface area contributed by atoms with Crippen LogP contribution in [0.5, 0.6) is 0 Å². The Labute approximate surface area is 180 Å². The predicted molar refractivity (Wildman–Crippen MR) is 119 cm³/mol. The standard InChI is InChI=1S/C24H25N5O2/c25-21(24-27-12-13-31-24)16-6-8-17(9-7-16)23(30)29-19-10-11-26-22-18(19)14-20(28-22)15-4-2-1-3-5-15/h1-5,10-14,16-17,21H,6-9,25H2,(H2,26,28,29,30). The number of fused-ring (bicyclic) bond motifs is 1. The number of pyridine rings is 1. The summed E-state index contributed by atoms with van der Waals surface area (Å²) in [7, 11) is 0. The number of aromatic amines is 1. The van der Waals surface area contributed by atoms with Gasteiger partial charge in [-0.15, -0.1) is 0 Å². The van der Waals surface area contributed by atoms with Crippen molar-refractivity contribution in [1.29, 1.82) is 0 Å². The van der Waals surface area contributed by atoms with E-state index in [1.54, 1.807) is 18.7 Å². The molecular formula is C24H25N5O2. The Morgan fingerprint density at radius 1 is 1.10 bits per heavy atom. The smallest absolute Gasteiger partial charge is 0.227 e. The minimum atomic E-state index is -0.213. The molecule has 3 aromatic heterocycles. The van der Waals surface area contributed by atoms with Gasteiger partial charge in [0.15, 0.2) is 0 Å². The molecule has 158 valence electrons. The highest BCUT2D eigenvalue weighted by Crippen LogP contribution is 2.36. The number of oxazole rings is 1. The van der Waals surface area contributed by atoms with E-state index in [0.717, 1.165) is 53.7 Å². The van der Waals surface area contributed by atoms with E-state index in [1.165, 1.54) is 0 Å². The summed E-state index contributed by atoms with van der Waals surface area (Å²) < 4.78 is 5.35. The number of amides is 1. The number of H-pyrrole nitrogens is 1. The summed E-state index contributed by atoms with van der Waals surface area (Å²) in [6.45, 7) is 0. The molecule has 0 spiro atoms. The Balaban J connectivity index is 1.27. The average molecular weight is 415 g/mol. The van der Waals surface area contributed by atoms with E-state index in [0.29, 0.717) is 5.89 Å². The van der Waals surface area contributed by atoms with E-state index < -0.39 is 0 Å². The van der Waals surface area contributed by atoms with Crippen LogP contribution in [-0.4, -0.2) is 20.9 Å². The molecule has 1 unspecified atom stereocenters. The summed E-state index contributed by atoms with van der Waals surface area (Å²) in [5.74, 6) is 0.893. The Kier molecular flexibility index (Phi) is 5.26. The third kappa shape index (κ3) is 3.96. The summed E-state index contributed by atoms with van der Waals surface area (Å²) in [6, 6.07) is 13.8. The highest BCUT2D eigenvalue weighted by atomic mass is 16.3. The Bertz CT molecular complexity index is 1160. The predicted octanol–water partition coefficient (Wildman–Crippen LogP) is 4.66. The number of anilines is 1. The van der Waals surface area contributed by atoms with E-state index in [9.17, 15) is 4.79 Å². The van der Waals surface area contributed by atoms with Crippen molar-refractivity contribution in [2.24, 2.45) is 17.6 Å². The molecular weight excluding hydrogens is 390 g/mol. The van der Waals surface area contributed by atoms with Crippen LogP contribution in [0.15, 0.2) is 65.5 Å². The molecule has 0 radical (unpaired) electrons. The van der Waals surface area contributed by atoms with Crippen LogP contribution in [0.3, 0.4) is 0 Å². The molecule has 1 atom stereocenters. The average Bonchev–Trinajstić information content (AvgIpc) is 3.50. The lowest BCUT2D eigenvalue weighted by molar-refractivity contribution is -0.121. The van der Waals surface area contributed by atoms with Gasteiger partial charge in [-0.1, -0.05) is 30.3 Å². The van der Waals surface area contributed by atoms with Crippen LogP contribution >= 0.6 is 0 Å². The maximum Gasteiger partial charge on any atom is 0.227 e. The summed E-state index contributed by atoms with van der Waals surface area (Å²) in [5, 5.41) is 4.04. The molecule has 5 rings (SSSR count).